The highest BCUT2D eigenvalue weighted by Crippen LogP contribution is 2.38. The fourth-order valence-corrected chi connectivity index (χ4v) is 5.20. The molecule has 1 heterocycles. The summed E-state index contributed by atoms with van der Waals surface area (Å²) in [7, 11) is -3.72. The van der Waals surface area contributed by atoms with Gasteiger partial charge in [0.05, 0.1) is 14.3 Å². The van der Waals surface area contributed by atoms with Crippen molar-refractivity contribution >= 4 is 42.1 Å². The van der Waals surface area contributed by atoms with Gasteiger partial charge < -0.3 is 0 Å². The monoisotopic (exact) mass is 347 g/mol. The topological polar surface area (TPSA) is 77.3 Å². The molecule has 1 aromatic carbocycles. The summed E-state index contributed by atoms with van der Waals surface area (Å²) < 4.78 is 24.7. The largest absolute Gasteiger partial charge is 0.326 e. The van der Waals surface area contributed by atoms with Crippen LogP contribution in [0.2, 0.25) is 0 Å². The number of halogens is 1. The third kappa shape index (κ3) is 2.31. The summed E-state index contributed by atoms with van der Waals surface area (Å²) in [6.07, 6.45) is 0. The average Bonchev–Trinajstić information content (AvgIpc) is 2.73. The molecule has 0 bridgehead atoms. The van der Waals surface area contributed by atoms with Crippen molar-refractivity contribution in [3.8, 4) is 0 Å². The maximum atomic E-state index is 12.2. The molecule has 0 saturated heterocycles. The van der Waals surface area contributed by atoms with Gasteiger partial charge in [0.1, 0.15) is 4.21 Å². The third-order valence-corrected chi connectivity index (χ3v) is 6.66. The van der Waals surface area contributed by atoms with Gasteiger partial charge in [-0.3, -0.25) is 10.1 Å². The van der Waals surface area contributed by atoms with E-state index >= 15 is 0 Å². The SMILES string of the molecule is O=[N+]([O-])c1cc(Br)c(S(=O)(=O)c2ccccc2)s1. The van der Waals surface area contributed by atoms with Crippen molar-refractivity contribution in [1.82, 2.24) is 0 Å². The van der Waals surface area contributed by atoms with E-state index in [0.29, 0.717) is 11.3 Å². The predicted octanol–water partition coefficient (Wildman–Crippen LogP) is 3.25. The Hall–Kier alpha value is -1.25. The Morgan fingerprint density at radius 3 is 2.33 bits per heavy atom. The normalized spacial score (nSPS) is 11.4. The Labute approximate surface area is 115 Å². The van der Waals surface area contributed by atoms with Crippen molar-refractivity contribution in [2.45, 2.75) is 9.10 Å². The van der Waals surface area contributed by atoms with Gasteiger partial charge in [0.2, 0.25) is 9.84 Å². The molecule has 0 aliphatic heterocycles. The molecule has 5 nitrogen and oxygen atoms in total. The molecular formula is C10H6BrNO4S2. The van der Waals surface area contributed by atoms with E-state index in [4.69, 9.17) is 0 Å². The number of thiophene rings is 1. The molecule has 0 aliphatic rings. The maximum absolute atomic E-state index is 12.2. The first-order chi connectivity index (χ1) is 8.43. The molecule has 0 aliphatic carbocycles. The highest BCUT2D eigenvalue weighted by atomic mass is 79.9. The van der Waals surface area contributed by atoms with Crippen LogP contribution in [-0.2, 0) is 9.84 Å². The van der Waals surface area contributed by atoms with E-state index in [9.17, 15) is 18.5 Å². The highest BCUT2D eigenvalue weighted by molar-refractivity contribution is 9.10. The lowest BCUT2D eigenvalue weighted by atomic mass is 10.4. The zero-order chi connectivity index (χ0) is 13.3. The van der Waals surface area contributed by atoms with Gasteiger partial charge in [-0.1, -0.05) is 18.2 Å². The number of benzene rings is 1. The van der Waals surface area contributed by atoms with Crippen LogP contribution in [-0.4, -0.2) is 13.3 Å². The fraction of sp³-hybridized carbons (Fsp3) is 0. The average molecular weight is 348 g/mol. The quantitative estimate of drug-likeness (QED) is 0.630. The van der Waals surface area contributed by atoms with Gasteiger partial charge >= 0.3 is 5.00 Å². The minimum Gasteiger partial charge on any atom is -0.258 e. The lowest BCUT2D eigenvalue weighted by Gasteiger charge is -2.01. The first kappa shape index (κ1) is 13.2. The minimum atomic E-state index is -3.72. The van der Waals surface area contributed by atoms with E-state index in [2.05, 4.69) is 15.9 Å². The molecule has 8 heteroatoms. The van der Waals surface area contributed by atoms with Crippen molar-refractivity contribution in [2.75, 3.05) is 0 Å². The van der Waals surface area contributed by atoms with E-state index in [-0.39, 0.29) is 18.6 Å². The van der Waals surface area contributed by atoms with Gasteiger partial charge in [-0.2, -0.15) is 0 Å². The second-order valence-corrected chi connectivity index (χ2v) is 7.32. The number of nitro groups is 1. The van der Waals surface area contributed by atoms with Crippen LogP contribution in [0.5, 0.6) is 0 Å². The summed E-state index contributed by atoms with van der Waals surface area (Å²) in [4.78, 5) is 10.1. The summed E-state index contributed by atoms with van der Waals surface area (Å²) >= 11 is 3.68. The van der Waals surface area contributed by atoms with Gasteiger partial charge in [0, 0.05) is 6.07 Å². The Kier molecular flexibility index (Phi) is 3.51. The molecule has 0 N–H and O–H groups in total. The first-order valence-corrected chi connectivity index (χ1v) is 7.76. The van der Waals surface area contributed by atoms with Crippen molar-refractivity contribution < 1.29 is 13.3 Å². The molecule has 1 aromatic heterocycles. The van der Waals surface area contributed by atoms with E-state index < -0.39 is 14.8 Å². The van der Waals surface area contributed by atoms with Crippen LogP contribution in [0.1, 0.15) is 0 Å². The standard InChI is InChI=1S/C10H6BrNO4S2/c11-8-6-9(12(13)14)17-10(8)18(15,16)7-4-2-1-3-5-7/h1-6H. The molecule has 2 rings (SSSR count). The molecule has 0 atom stereocenters. The smallest absolute Gasteiger partial charge is 0.258 e. The number of rotatable bonds is 3. The summed E-state index contributed by atoms with van der Waals surface area (Å²) in [5, 5.41) is 10.4. The molecule has 0 fully saturated rings. The van der Waals surface area contributed by atoms with E-state index in [1.54, 1.807) is 18.2 Å². The summed E-state index contributed by atoms with van der Waals surface area (Å²) in [5.74, 6) is 0. The molecule has 0 saturated carbocycles. The Morgan fingerprint density at radius 1 is 1.22 bits per heavy atom. The van der Waals surface area contributed by atoms with Crippen LogP contribution in [0.15, 0.2) is 50.0 Å². The molecular weight excluding hydrogens is 342 g/mol. The van der Waals surface area contributed by atoms with Gasteiger partial charge in [0.15, 0.2) is 0 Å². The molecule has 94 valence electrons. The molecule has 2 aromatic rings. The summed E-state index contributed by atoms with van der Waals surface area (Å²) in [6, 6.07) is 9.00. The molecule has 18 heavy (non-hydrogen) atoms. The molecule has 0 unspecified atom stereocenters. The van der Waals surface area contributed by atoms with Crippen LogP contribution < -0.4 is 0 Å². The van der Waals surface area contributed by atoms with Crippen LogP contribution in [0, 0.1) is 10.1 Å². The lowest BCUT2D eigenvalue weighted by Crippen LogP contribution is -1.99. The lowest BCUT2D eigenvalue weighted by molar-refractivity contribution is -0.380. The summed E-state index contributed by atoms with van der Waals surface area (Å²) in [6.45, 7) is 0. The van der Waals surface area contributed by atoms with Crippen LogP contribution in [0.3, 0.4) is 0 Å². The second kappa shape index (κ2) is 4.79. The van der Waals surface area contributed by atoms with E-state index in [1.807, 2.05) is 0 Å². The number of hydrogen-bond acceptors (Lipinski definition) is 5. The van der Waals surface area contributed by atoms with Crippen molar-refractivity contribution in [2.24, 2.45) is 0 Å². The Morgan fingerprint density at radius 2 is 1.83 bits per heavy atom. The van der Waals surface area contributed by atoms with E-state index in [1.165, 1.54) is 18.2 Å². The first-order valence-electron chi connectivity index (χ1n) is 4.67. The Balaban J connectivity index is 2.59. The van der Waals surface area contributed by atoms with Crippen LogP contribution >= 0.6 is 27.3 Å². The van der Waals surface area contributed by atoms with Gasteiger partial charge in [-0.15, -0.1) is 0 Å². The Bertz CT molecular complexity index is 694. The highest BCUT2D eigenvalue weighted by Gasteiger charge is 2.26. The zero-order valence-electron chi connectivity index (χ0n) is 8.74. The molecule has 0 spiro atoms. The van der Waals surface area contributed by atoms with E-state index in [0.717, 1.165) is 0 Å². The third-order valence-electron chi connectivity index (χ3n) is 2.12. The zero-order valence-corrected chi connectivity index (χ0v) is 12.0. The van der Waals surface area contributed by atoms with Crippen LogP contribution in [0.4, 0.5) is 5.00 Å². The van der Waals surface area contributed by atoms with Crippen LogP contribution in [0.25, 0.3) is 0 Å². The van der Waals surface area contributed by atoms with Crippen molar-refractivity contribution in [3.05, 3.63) is 51.0 Å². The second-order valence-electron chi connectivity index (χ2n) is 3.29. The minimum absolute atomic E-state index is 0.0552. The fourth-order valence-electron chi connectivity index (χ4n) is 1.32. The van der Waals surface area contributed by atoms with Crippen molar-refractivity contribution in [3.63, 3.8) is 0 Å². The van der Waals surface area contributed by atoms with Gasteiger partial charge in [-0.05, 0) is 39.4 Å². The molecule has 0 radical (unpaired) electrons. The number of hydrogen-bond donors (Lipinski definition) is 0. The number of nitrogens with zero attached hydrogens (tertiary/aromatic N) is 1. The maximum Gasteiger partial charge on any atom is 0.326 e. The van der Waals surface area contributed by atoms with Gasteiger partial charge in [-0.25, -0.2) is 8.42 Å². The summed E-state index contributed by atoms with van der Waals surface area (Å²) in [5.41, 5.74) is 0. The predicted molar refractivity (Wildman–Crippen MR) is 70.6 cm³/mol. The van der Waals surface area contributed by atoms with Crippen molar-refractivity contribution in [1.29, 1.82) is 0 Å². The number of sulfone groups is 1. The van der Waals surface area contributed by atoms with Gasteiger partial charge in [0.25, 0.3) is 0 Å². The molecule has 0 amide bonds.